The molecule has 0 aliphatic rings. The van der Waals surface area contributed by atoms with Crippen LogP contribution in [0.5, 0.6) is 5.75 Å². The van der Waals surface area contributed by atoms with Crippen molar-refractivity contribution in [1.29, 1.82) is 0 Å². The van der Waals surface area contributed by atoms with E-state index in [4.69, 9.17) is 4.74 Å². The molecule has 0 saturated heterocycles. The molecule has 0 aliphatic carbocycles. The lowest BCUT2D eigenvalue weighted by Gasteiger charge is -2.06. The molecule has 1 N–H and O–H groups in total. The van der Waals surface area contributed by atoms with Crippen LogP contribution >= 0.6 is 0 Å². The van der Waals surface area contributed by atoms with Crippen LogP contribution in [-0.2, 0) is 11.2 Å². The van der Waals surface area contributed by atoms with E-state index in [2.05, 4.69) is 15.1 Å². The van der Waals surface area contributed by atoms with E-state index in [1.165, 1.54) is 0 Å². The van der Waals surface area contributed by atoms with Crippen molar-refractivity contribution in [3.63, 3.8) is 0 Å². The van der Waals surface area contributed by atoms with Gasteiger partial charge in [-0.15, -0.1) is 0 Å². The van der Waals surface area contributed by atoms with E-state index >= 15 is 0 Å². The summed E-state index contributed by atoms with van der Waals surface area (Å²) in [5, 5.41) is 4.07. The van der Waals surface area contributed by atoms with Gasteiger partial charge in [-0.05, 0) is 49.2 Å². The molecule has 138 valence electrons. The van der Waals surface area contributed by atoms with Gasteiger partial charge in [-0.25, -0.2) is 5.43 Å². The number of aryl methyl sites for hydroxylation is 2. The van der Waals surface area contributed by atoms with Crippen LogP contribution in [-0.4, -0.2) is 23.8 Å². The van der Waals surface area contributed by atoms with Crippen LogP contribution in [0.2, 0.25) is 0 Å². The van der Waals surface area contributed by atoms with Crippen LogP contribution in [0.3, 0.4) is 0 Å². The largest absolute Gasteiger partial charge is 0.497 e. The first-order valence-electron chi connectivity index (χ1n) is 8.85. The molecule has 0 spiro atoms. The van der Waals surface area contributed by atoms with Crippen molar-refractivity contribution in [1.82, 2.24) is 9.99 Å². The van der Waals surface area contributed by atoms with Gasteiger partial charge in [-0.3, -0.25) is 4.79 Å². The quantitative estimate of drug-likeness (QED) is 0.513. The lowest BCUT2D eigenvalue weighted by Crippen LogP contribution is -2.17. The lowest BCUT2D eigenvalue weighted by molar-refractivity contribution is -0.121. The fourth-order valence-electron chi connectivity index (χ4n) is 2.83. The van der Waals surface area contributed by atoms with Crippen molar-refractivity contribution < 1.29 is 9.53 Å². The van der Waals surface area contributed by atoms with Crippen molar-refractivity contribution in [2.24, 2.45) is 5.10 Å². The van der Waals surface area contributed by atoms with Gasteiger partial charge in [0.15, 0.2) is 0 Å². The Kier molecular flexibility index (Phi) is 6.05. The molecular weight excluding hydrogens is 338 g/mol. The SMILES string of the molecule is COc1ccc(-n2cc(/C=N/NC(=O)CCc3ccccc3)cc2C)cc1. The van der Waals surface area contributed by atoms with Gasteiger partial charge in [-0.1, -0.05) is 30.3 Å². The summed E-state index contributed by atoms with van der Waals surface area (Å²) < 4.78 is 7.26. The van der Waals surface area contributed by atoms with Gasteiger partial charge in [0.2, 0.25) is 5.91 Å². The standard InChI is InChI=1S/C22H23N3O2/c1-17-14-19(16-25(17)20-9-11-21(27-2)12-10-20)15-23-24-22(26)13-8-18-6-4-3-5-7-18/h3-7,9-12,14-16H,8,13H2,1-2H3,(H,24,26)/b23-15+. The van der Waals surface area contributed by atoms with E-state index < -0.39 is 0 Å². The third kappa shape index (κ3) is 5.07. The fraction of sp³-hybridized carbons (Fsp3) is 0.182. The molecule has 0 aliphatic heterocycles. The van der Waals surface area contributed by atoms with E-state index in [9.17, 15) is 4.79 Å². The number of rotatable bonds is 7. The number of hydrogen-bond donors (Lipinski definition) is 1. The maximum Gasteiger partial charge on any atom is 0.240 e. The third-order valence-corrected chi connectivity index (χ3v) is 4.27. The first kappa shape index (κ1) is 18.5. The van der Waals surface area contributed by atoms with Crippen molar-refractivity contribution in [2.75, 3.05) is 7.11 Å². The van der Waals surface area contributed by atoms with Gasteiger partial charge in [-0.2, -0.15) is 5.10 Å². The van der Waals surface area contributed by atoms with E-state index in [0.717, 1.165) is 28.3 Å². The zero-order chi connectivity index (χ0) is 19.1. The van der Waals surface area contributed by atoms with Gasteiger partial charge in [0.1, 0.15) is 5.75 Å². The zero-order valence-corrected chi connectivity index (χ0v) is 15.6. The highest BCUT2D eigenvalue weighted by molar-refractivity contribution is 5.82. The molecule has 3 aromatic rings. The summed E-state index contributed by atoms with van der Waals surface area (Å²) in [6.07, 6.45) is 4.76. The third-order valence-electron chi connectivity index (χ3n) is 4.27. The number of hydrogen-bond acceptors (Lipinski definition) is 3. The van der Waals surface area contributed by atoms with Crippen LogP contribution in [0.4, 0.5) is 0 Å². The molecule has 0 radical (unpaired) electrons. The van der Waals surface area contributed by atoms with Gasteiger partial charge in [0.05, 0.1) is 13.3 Å². The highest BCUT2D eigenvalue weighted by Gasteiger charge is 2.04. The van der Waals surface area contributed by atoms with E-state index in [1.807, 2.05) is 73.8 Å². The second-order valence-corrected chi connectivity index (χ2v) is 6.26. The Labute approximate surface area is 159 Å². The van der Waals surface area contributed by atoms with Crippen molar-refractivity contribution in [3.05, 3.63) is 83.7 Å². The lowest BCUT2D eigenvalue weighted by atomic mass is 10.1. The fourth-order valence-corrected chi connectivity index (χ4v) is 2.83. The predicted molar refractivity (Wildman–Crippen MR) is 108 cm³/mol. The van der Waals surface area contributed by atoms with Crippen molar-refractivity contribution in [3.8, 4) is 11.4 Å². The second kappa shape index (κ2) is 8.85. The van der Waals surface area contributed by atoms with E-state index in [0.29, 0.717) is 12.8 Å². The first-order chi connectivity index (χ1) is 13.2. The molecule has 1 aromatic heterocycles. The number of ether oxygens (including phenoxy) is 1. The highest BCUT2D eigenvalue weighted by Crippen LogP contribution is 2.18. The zero-order valence-electron chi connectivity index (χ0n) is 15.6. The van der Waals surface area contributed by atoms with Crippen molar-refractivity contribution >= 4 is 12.1 Å². The Bertz CT molecular complexity index is 912. The van der Waals surface area contributed by atoms with Crippen LogP contribution in [0.1, 0.15) is 23.2 Å². The first-order valence-corrected chi connectivity index (χ1v) is 8.85. The summed E-state index contributed by atoms with van der Waals surface area (Å²) >= 11 is 0. The molecule has 5 heteroatoms. The van der Waals surface area contributed by atoms with Gasteiger partial charge < -0.3 is 9.30 Å². The normalized spacial score (nSPS) is 10.9. The molecule has 3 rings (SSSR count). The molecule has 0 bridgehead atoms. The molecule has 0 atom stereocenters. The van der Waals surface area contributed by atoms with Crippen LogP contribution in [0.25, 0.3) is 5.69 Å². The Hall–Kier alpha value is -3.34. The van der Waals surface area contributed by atoms with E-state index in [-0.39, 0.29) is 5.91 Å². The molecule has 2 aromatic carbocycles. The summed E-state index contributed by atoms with van der Waals surface area (Å²) in [6, 6.07) is 19.8. The number of amides is 1. The number of benzene rings is 2. The Morgan fingerprint density at radius 2 is 1.89 bits per heavy atom. The molecule has 1 heterocycles. The topological polar surface area (TPSA) is 55.6 Å². The number of carbonyl (C=O) groups is 1. The molecule has 27 heavy (non-hydrogen) atoms. The molecule has 5 nitrogen and oxygen atoms in total. The van der Waals surface area contributed by atoms with Gasteiger partial charge in [0.25, 0.3) is 0 Å². The summed E-state index contributed by atoms with van der Waals surface area (Å²) in [7, 11) is 1.65. The number of nitrogens with zero attached hydrogens (tertiary/aromatic N) is 2. The van der Waals surface area contributed by atoms with Crippen molar-refractivity contribution in [2.45, 2.75) is 19.8 Å². The molecule has 0 saturated carbocycles. The average Bonchev–Trinajstić information content (AvgIpc) is 3.07. The summed E-state index contributed by atoms with van der Waals surface area (Å²) in [6.45, 7) is 2.03. The number of aromatic nitrogens is 1. The van der Waals surface area contributed by atoms with Gasteiger partial charge in [0, 0.05) is 29.6 Å². The molecule has 0 unspecified atom stereocenters. The summed E-state index contributed by atoms with van der Waals surface area (Å²) in [4.78, 5) is 11.9. The van der Waals surface area contributed by atoms with Crippen LogP contribution in [0.15, 0.2) is 72.0 Å². The van der Waals surface area contributed by atoms with Gasteiger partial charge >= 0.3 is 0 Å². The number of methoxy groups -OCH3 is 1. The van der Waals surface area contributed by atoms with Crippen LogP contribution < -0.4 is 10.2 Å². The minimum Gasteiger partial charge on any atom is -0.497 e. The minimum absolute atomic E-state index is 0.0959. The Morgan fingerprint density at radius 1 is 1.15 bits per heavy atom. The monoisotopic (exact) mass is 361 g/mol. The molecule has 0 fully saturated rings. The summed E-state index contributed by atoms with van der Waals surface area (Å²) in [5.74, 6) is 0.727. The maximum atomic E-state index is 11.9. The minimum atomic E-state index is -0.0959. The highest BCUT2D eigenvalue weighted by atomic mass is 16.5. The van der Waals surface area contributed by atoms with Crippen LogP contribution in [0, 0.1) is 6.92 Å². The molecular formula is C22H23N3O2. The predicted octanol–water partition coefficient (Wildman–Crippen LogP) is 3.88. The Balaban J connectivity index is 1.56. The maximum absolute atomic E-state index is 11.9. The average molecular weight is 361 g/mol. The van der Waals surface area contributed by atoms with E-state index in [1.54, 1.807) is 13.3 Å². The number of hydrazone groups is 1. The number of nitrogens with one attached hydrogen (secondary N) is 1. The smallest absolute Gasteiger partial charge is 0.240 e. The molecule has 1 amide bonds. The number of carbonyl (C=O) groups excluding carboxylic acids is 1. The second-order valence-electron chi connectivity index (χ2n) is 6.26. The Morgan fingerprint density at radius 3 is 2.59 bits per heavy atom. The summed E-state index contributed by atoms with van der Waals surface area (Å²) in [5.41, 5.74) is 6.78.